The number of hydrogen-bond acceptors (Lipinski definition) is 5. The third kappa shape index (κ3) is 2.82. The van der Waals surface area contributed by atoms with Crippen LogP contribution in [0.5, 0.6) is 0 Å². The molecule has 0 aliphatic carbocycles. The van der Waals surface area contributed by atoms with E-state index in [4.69, 9.17) is 13.6 Å². The van der Waals surface area contributed by atoms with E-state index in [9.17, 15) is 4.79 Å². The van der Waals surface area contributed by atoms with Gasteiger partial charge in [-0.05, 0) is 37.1 Å². The van der Waals surface area contributed by atoms with Crippen LogP contribution in [0.25, 0.3) is 11.1 Å². The van der Waals surface area contributed by atoms with E-state index in [1.54, 1.807) is 20.1 Å². The minimum absolute atomic E-state index is 0.0360. The summed E-state index contributed by atoms with van der Waals surface area (Å²) >= 11 is 0. The first-order valence-electron chi connectivity index (χ1n) is 8.42. The van der Waals surface area contributed by atoms with Crippen LogP contribution in [0.2, 0.25) is 0 Å². The second-order valence-electron chi connectivity index (χ2n) is 6.28. The van der Waals surface area contributed by atoms with Gasteiger partial charge in [0, 0.05) is 20.6 Å². The zero-order valence-electron chi connectivity index (χ0n) is 14.3. The maximum absolute atomic E-state index is 13.2. The molecular formula is C19H20N2O4. The van der Waals surface area contributed by atoms with Crippen molar-refractivity contribution in [2.75, 3.05) is 13.7 Å². The highest BCUT2D eigenvalue weighted by Gasteiger charge is 2.33. The molecule has 0 N–H and O–H groups in total. The number of oxazole rings is 1. The van der Waals surface area contributed by atoms with Gasteiger partial charge in [0.25, 0.3) is 5.91 Å². The number of methoxy groups -OCH3 is 1. The van der Waals surface area contributed by atoms with E-state index in [1.807, 2.05) is 29.2 Å². The number of likely N-dealkylation sites (tertiary alicyclic amines) is 1. The summed E-state index contributed by atoms with van der Waals surface area (Å²) in [7, 11) is 1.63. The van der Waals surface area contributed by atoms with Crippen molar-refractivity contribution in [3.05, 3.63) is 53.3 Å². The van der Waals surface area contributed by atoms with E-state index in [0.29, 0.717) is 35.7 Å². The maximum atomic E-state index is 13.2. The summed E-state index contributed by atoms with van der Waals surface area (Å²) < 4.78 is 16.5. The van der Waals surface area contributed by atoms with E-state index in [1.165, 1.54) is 0 Å². The Morgan fingerprint density at radius 1 is 1.32 bits per heavy atom. The minimum Gasteiger partial charge on any atom is -0.461 e. The molecule has 0 spiro atoms. The van der Waals surface area contributed by atoms with Crippen molar-refractivity contribution >= 4 is 17.0 Å². The molecule has 25 heavy (non-hydrogen) atoms. The molecule has 6 nitrogen and oxygen atoms in total. The van der Waals surface area contributed by atoms with Crippen LogP contribution in [0.4, 0.5) is 0 Å². The Morgan fingerprint density at radius 2 is 2.20 bits per heavy atom. The summed E-state index contributed by atoms with van der Waals surface area (Å²) in [5.74, 6) is 2.10. The lowest BCUT2D eigenvalue weighted by Crippen LogP contribution is -2.30. The average molecular weight is 340 g/mol. The van der Waals surface area contributed by atoms with E-state index in [-0.39, 0.29) is 11.9 Å². The summed E-state index contributed by atoms with van der Waals surface area (Å²) in [5, 5.41) is 0. The van der Waals surface area contributed by atoms with E-state index in [2.05, 4.69) is 4.98 Å². The molecule has 1 aliphatic rings. The zero-order valence-corrected chi connectivity index (χ0v) is 14.3. The normalized spacial score (nSPS) is 17.5. The Labute approximate surface area is 145 Å². The van der Waals surface area contributed by atoms with Gasteiger partial charge in [0.05, 0.1) is 11.6 Å². The summed E-state index contributed by atoms with van der Waals surface area (Å²) in [6, 6.07) is 9.25. The van der Waals surface area contributed by atoms with Crippen molar-refractivity contribution in [2.24, 2.45) is 0 Å². The number of fused-ring (bicyclic) bond motifs is 1. The highest BCUT2D eigenvalue weighted by Crippen LogP contribution is 2.35. The number of carbonyl (C=O) groups is 1. The molecule has 1 amide bonds. The van der Waals surface area contributed by atoms with Gasteiger partial charge in [-0.1, -0.05) is 6.07 Å². The molecule has 3 heterocycles. The monoisotopic (exact) mass is 340 g/mol. The number of nitrogens with zero attached hydrogens (tertiary/aromatic N) is 2. The number of aryl methyl sites for hydroxylation is 1. The second-order valence-corrected chi connectivity index (χ2v) is 6.28. The third-order valence-corrected chi connectivity index (χ3v) is 4.57. The molecule has 1 unspecified atom stereocenters. The smallest absolute Gasteiger partial charge is 0.256 e. The van der Waals surface area contributed by atoms with Gasteiger partial charge < -0.3 is 18.5 Å². The van der Waals surface area contributed by atoms with Crippen LogP contribution < -0.4 is 0 Å². The van der Waals surface area contributed by atoms with E-state index in [0.717, 1.165) is 24.4 Å². The average Bonchev–Trinajstić information content (AvgIpc) is 3.31. The molecule has 130 valence electrons. The van der Waals surface area contributed by atoms with E-state index >= 15 is 0 Å². The molecule has 0 saturated carbocycles. The van der Waals surface area contributed by atoms with Crippen molar-refractivity contribution in [1.29, 1.82) is 0 Å². The molecule has 1 saturated heterocycles. The molecule has 2 aromatic heterocycles. The number of ether oxygens (including phenoxy) is 1. The van der Waals surface area contributed by atoms with Gasteiger partial charge in [-0.2, -0.15) is 0 Å². The number of carbonyl (C=O) groups excluding carboxylic acids is 1. The standard InChI is InChI=1S/C19H20N2O4/c1-12-20-18-14(5-3-7-17(18)24-12)19(22)21-10-4-6-15(21)16-9-8-13(25-16)11-23-2/h3,5,7-9,15H,4,6,10-11H2,1-2H3. The molecule has 1 fully saturated rings. The first-order chi connectivity index (χ1) is 12.2. The predicted octanol–water partition coefficient (Wildman–Crippen LogP) is 3.85. The van der Waals surface area contributed by atoms with Crippen LogP contribution in [-0.4, -0.2) is 29.4 Å². The van der Waals surface area contributed by atoms with Gasteiger partial charge in [0.2, 0.25) is 0 Å². The third-order valence-electron chi connectivity index (χ3n) is 4.57. The Kier molecular flexibility index (Phi) is 4.05. The molecule has 0 bridgehead atoms. The molecule has 1 aromatic carbocycles. The summed E-state index contributed by atoms with van der Waals surface area (Å²) in [6.45, 7) is 2.92. The lowest BCUT2D eigenvalue weighted by Gasteiger charge is -2.23. The lowest BCUT2D eigenvalue weighted by atomic mass is 10.1. The van der Waals surface area contributed by atoms with E-state index < -0.39 is 0 Å². The molecule has 1 aliphatic heterocycles. The number of benzene rings is 1. The number of para-hydroxylation sites is 1. The highest BCUT2D eigenvalue weighted by molar-refractivity contribution is 6.04. The van der Waals surface area contributed by atoms with Crippen LogP contribution in [0.1, 0.15) is 46.7 Å². The largest absolute Gasteiger partial charge is 0.461 e. The Bertz CT molecular complexity index is 911. The quantitative estimate of drug-likeness (QED) is 0.721. The molecular weight excluding hydrogens is 320 g/mol. The fourth-order valence-corrected chi connectivity index (χ4v) is 3.49. The predicted molar refractivity (Wildman–Crippen MR) is 91.2 cm³/mol. The summed E-state index contributed by atoms with van der Waals surface area (Å²) in [6.07, 6.45) is 1.84. The van der Waals surface area contributed by atoms with Crippen LogP contribution in [0, 0.1) is 6.92 Å². The fraction of sp³-hybridized carbons (Fsp3) is 0.368. The Hall–Kier alpha value is -2.60. The molecule has 0 radical (unpaired) electrons. The number of amides is 1. The van der Waals surface area contributed by atoms with Gasteiger partial charge in [0.1, 0.15) is 23.6 Å². The molecule has 4 rings (SSSR count). The number of hydrogen-bond donors (Lipinski definition) is 0. The number of furan rings is 1. The minimum atomic E-state index is -0.0543. The van der Waals surface area contributed by atoms with Crippen molar-refractivity contribution in [2.45, 2.75) is 32.4 Å². The second kappa shape index (κ2) is 6.37. The van der Waals surface area contributed by atoms with Gasteiger partial charge in [-0.3, -0.25) is 4.79 Å². The van der Waals surface area contributed by atoms with Crippen LogP contribution in [0.3, 0.4) is 0 Å². The lowest BCUT2D eigenvalue weighted by molar-refractivity contribution is 0.0717. The number of rotatable bonds is 4. The molecule has 6 heteroatoms. The van der Waals surface area contributed by atoms with Gasteiger partial charge in [0.15, 0.2) is 11.5 Å². The topological polar surface area (TPSA) is 68.7 Å². The maximum Gasteiger partial charge on any atom is 0.256 e. The molecule has 3 aromatic rings. The van der Waals surface area contributed by atoms with Crippen LogP contribution in [0.15, 0.2) is 39.2 Å². The van der Waals surface area contributed by atoms with Gasteiger partial charge in [-0.15, -0.1) is 0 Å². The van der Waals surface area contributed by atoms with Gasteiger partial charge in [-0.25, -0.2) is 4.98 Å². The Balaban J connectivity index is 1.65. The number of aromatic nitrogens is 1. The summed E-state index contributed by atoms with van der Waals surface area (Å²) in [4.78, 5) is 19.4. The molecule has 1 atom stereocenters. The fourth-order valence-electron chi connectivity index (χ4n) is 3.49. The highest BCUT2D eigenvalue weighted by atomic mass is 16.5. The van der Waals surface area contributed by atoms with Crippen LogP contribution in [-0.2, 0) is 11.3 Å². The van der Waals surface area contributed by atoms with Gasteiger partial charge >= 0.3 is 0 Å². The zero-order chi connectivity index (χ0) is 17.4. The first-order valence-corrected chi connectivity index (χ1v) is 8.42. The summed E-state index contributed by atoms with van der Waals surface area (Å²) in [5.41, 5.74) is 1.83. The first kappa shape index (κ1) is 15.9. The SMILES string of the molecule is COCc1ccc(C2CCCN2C(=O)c2cccc3oc(C)nc23)o1. The van der Waals surface area contributed by atoms with Crippen molar-refractivity contribution in [3.63, 3.8) is 0 Å². The van der Waals surface area contributed by atoms with Crippen molar-refractivity contribution < 1.29 is 18.4 Å². The van der Waals surface area contributed by atoms with Crippen molar-refractivity contribution in [3.8, 4) is 0 Å². The van der Waals surface area contributed by atoms with Crippen LogP contribution >= 0.6 is 0 Å². The Morgan fingerprint density at radius 3 is 3.04 bits per heavy atom. The van der Waals surface area contributed by atoms with Crippen molar-refractivity contribution in [1.82, 2.24) is 9.88 Å².